The van der Waals surface area contributed by atoms with Gasteiger partial charge < -0.3 is 9.64 Å². The summed E-state index contributed by atoms with van der Waals surface area (Å²) in [5, 5.41) is 0. The molecule has 2 fully saturated rings. The molecule has 0 aliphatic carbocycles. The lowest BCUT2D eigenvalue weighted by Crippen LogP contribution is -2.46. The van der Waals surface area contributed by atoms with Gasteiger partial charge in [-0.3, -0.25) is 0 Å². The Morgan fingerprint density at radius 3 is 2.18 bits per heavy atom. The first-order chi connectivity index (χ1) is 13.2. The predicted molar refractivity (Wildman–Crippen MR) is 119 cm³/mol. The highest BCUT2D eigenvalue weighted by molar-refractivity contribution is 7.97. The maximum Gasteiger partial charge on any atom is 0.126 e. The molecule has 3 nitrogen and oxygen atoms in total. The third-order valence-electron chi connectivity index (χ3n) is 7.27. The third-order valence-corrected chi connectivity index (χ3v) is 8.69. The summed E-state index contributed by atoms with van der Waals surface area (Å²) >= 11 is 2.01. The van der Waals surface area contributed by atoms with E-state index in [0.29, 0.717) is 0 Å². The number of ether oxygens (including phenoxy) is 1. The van der Waals surface area contributed by atoms with Gasteiger partial charge in [0.2, 0.25) is 0 Å². The van der Waals surface area contributed by atoms with Gasteiger partial charge >= 0.3 is 0 Å². The molecule has 0 atom stereocenters. The Kier molecular flexibility index (Phi) is 5.76. The minimum absolute atomic E-state index is 0.0716. The third kappa shape index (κ3) is 3.97. The summed E-state index contributed by atoms with van der Waals surface area (Å²) in [5.74, 6) is 2.08. The van der Waals surface area contributed by atoms with Crippen LogP contribution in [0.25, 0.3) is 0 Å². The van der Waals surface area contributed by atoms with Crippen molar-refractivity contribution in [2.24, 2.45) is 5.92 Å². The minimum Gasteiger partial charge on any atom is -0.487 e. The largest absolute Gasteiger partial charge is 0.487 e. The van der Waals surface area contributed by atoms with Gasteiger partial charge in [0.15, 0.2) is 0 Å². The maximum absolute atomic E-state index is 6.29. The summed E-state index contributed by atoms with van der Waals surface area (Å²) < 4.78 is 8.91. The molecule has 1 aromatic rings. The lowest BCUT2D eigenvalue weighted by atomic mass is 9.94. The normalized spacial score (nSPS) is 24.4. The molecule has 4 rings (SSSR count). The van der Waals surface area contributed by atoms with Crippen molar-refractivity contribution >= 4 is 11.9 Å². The highest BCUT2D eigenvalue weighted by Crippen LogP contribution is 2.46. The van der Waals surface area contributed by atoms with E-state index in [-0.39, 0.29) is 5.60 Å². The molecule has 0 radical (unpaired) electrons. The fourth-order valence-electron chi connectivity index (χ4n) is 5.20. The van der Waals surface area contributed by atoms with Gasteiger partial charge in [-0.15, -0.1) is 0 Å². The van der Waals surface area contributed by atoms with Gasteiger partial charge in [-0.1, -0.05) is 6.92 Å². The number of hydrogen-bond donors (Lipinski definition) is 0. The zero-order valence-corrected chi connectivity index (χ0v) is 19.5. The standard InChI is InChI=1S/C24H38N2OS/c1-16-7-11-25(12-8-16)20-9-13-26(14-10-20)28-23-18(3)17(2)22-21(19(23)4)15-24(5,6)27-22/h16,20H,7-15H2,1-6H3. The van der Waals surface area contributed by atoms with Crippen molar-refractivity contribution in [1.82, 2.24) is 9.21 Å². The quantitative estimate of drug-likeness (QED) is 0.618. The summed E-state index contributed by atoms with van der Waals surface area (Å²) in [6, 6.07) is 0.808. The molecule has 0 amide bonds. The molecular weight excluding hydrogens is 364 g/mol. The molecule has 2 saturated heterocycles. The molecular formula is C24H38N2OS. The van der Waals surface area contributed by atoms with Crippen LogP contribution < -0.4 is 4.74 Å². The molecule has 0 saturated carbocycles. The summed E-state index contributed by atoms with van der Waals surface area (Å²) in [6.07, 6.45) is 6.44. The molecule has 0 aromatic heterocycles. The number of fused-ring (bicyclic) bond motifs is 1. The maximum atomic E-state index is 6.29. The van der Waals surface area contributed by atoms with Crippen LogP contribution in [0.15, 0.2) is 4.90 Å². The lowest BCUT2D eigenvalue weighted by molar-refractivity contribution is 0.103. The van der Waals surface area contributed by atoms with E-state index >= 15 is 0 Å². The van der Waals surface area contributed by atoms with Crippen LogP contribution in [0.1, 0.15) is 68.7 Å². The van der Waals surface area contributed by atoms with Crippen LogP contribution in [0.4, 0.5) is 0 Å². The Balaban J connectivity index is 1.43. The van der Waals surface area contributed by atoms with Gasteiger partial charge in [0.05, 0.1) is 0 Å². The molecule has 1 aromatic carbocycles. The Hall–Kier alpha value is -0.710. The highest BCUT2D eigenvalue weighted by Gasteiger charge is 2.35. The molecule has 3 heterocycles. The lowest BCUT2D eigenvalue weighted by Gasteiger charge is -2.41. The Morgan fingerprint density at radius 1 is 0.893 bits per heavy atom. The summed E-state index contributed by atoms with van der Waals surface area (Å²) in [7, 11) is 0. The van der Waals surface area contributed by atoms with Crippen LogP contribution in [-0.2, 0) is 6.42 Å². The van der Waals surface area contributed by atoms with Gasteiger partial charge in [-0.2, -0.15) is 0 Å². The molecule has 0 unspecified atom stereocenters. The van der Waals surface area contributed by atoms with Crippen LogP contribution in [-0.4, -0.2) is 47.0 Å². The zero-order valence-electron chi connectivity index (χ0n) is 18.7. The molecule has 3 aliphatic heterocycles. The number of hydrogen-bond acceptors (Lipinski definition) is 4. The second-order valence-electron chi connectivity index (χ2n) is 10.0. The van der Waals surface area contributed by atoms with Crippen molar-refractivity contribution in [3.63, 3.8) is 0 Å². The second kappa shape index (κ2) is 7.85. The van der Waals surface area contributed by atoms with Crippen LogP contribution in [0.3, 0.4) is 0 Å². The fourth-order valence-corrected chi connectivity index (χ4v) is 6.40. The van der Waals surface area contributed by atoms with E-state index in [1.54, 1.807) is 0 Å². The Morgan fingerprint density at radius 2 is 1.54 bits per heavy atom. The summed E-state index contributed by atoms with van der Waals surface area (Å²) in [6.45, 7) is 18.7. The first-order valence-corrected chi connectivity index (χ1v) is 12.0. The van der Waals surface area contributed by atoms with Crippen LogP contribution in [0, 0.1) is 26.7 Å². The first kappa shape index (κ1) is 20.6. The minimum atomic E-state index is -0.0716. The monoisotopic (exact) mass is 402 g/mol. The summed E-state index contributed by atoms with van der Waals surface area (Å²) in [4.78, 5) is 4.25. The Labute approximate surface area is 176 Å². The first-order valence-electron chi connectivity index (χ1n) is 11.2. The van der Waals surface area contributed by atoms with Gasteiger partial charge in [-0.25, -0.2) is 4.31 Å². The van der Waals surface area contributed by atoms with Gasteiger partial charge in [0, 0.05) is 36.0 Å². The van der Waals surface area contributed by atoms with E-state index in [1.807, 2.05) is 11.9 Å². The molecule has 0 spiro atoms. The van der Waals surface area contributed by atoms with Crippen molar-refractivity contribution in [2.45, 2.75) is 90.2 Å². The van der Waals surface area contributed by atoms with Crippen LogP contribution in [0.2, 0.25) is 0 Å². The molecule has 0 N–H and O–H groups in total. The SMILES string of the molecule is Cc1c(C)c(SN2CCC(N3CCC(C)CC3)CC2)c(C)c2c1OC(C)(C)C2. The molecule has 156 valence electrons. The van der Waals surface area contributed by atoms with Crippen molar-refractivity contribution in [1.29, 1.82) is 0 Å². The number of piperidine rings is 2. The van der Waals surface area contributed by atoms with E-state index in [0.717, 1.165) is 24.1 Å². The molecule has 28 heavy (non-hydrogen) atoms. The van der Waals surface area contributed by atoms with Crippen molar-refractivity contribution < 1.29 is 4.74 Å². The van der Waals surface area contributed by atoms with Gasteiger partial charge in [-0.05, 0) is 108 Å². The number of rotatable bonds is 3. The highest BCUT2D eigenvalue weighted by atomic mass is 32.2. The predicted octanol–water partition coefficient (Wildman–Crippen LogP) is 5.53. The van der Waals surface area contributed by atoms with Gasteiger partial charge in [0.1, 0.15) is 11.4 Å². The van der Waals surface area contributed by atoms with E-state index in [4.69, 9.17) is 4.74 Å². The number of nitrogens with zero attached hydrogens (tertiary/aromatic N) is 2. The van der Waals surface area contributed by atoms with E-state index in [2.05, 4.69) is 50.7 Å². The van der Waals surface area contributed by atoms with Gasteiger partial charge in [0.25, 0.3) is 0 Å². The smallest absolute Gasteiger partial charge is 0.126 e. The topological polar surface area (TPSA) is 15.7 Å². The van der Waals surface area contributed by atoms with E-state index < -0.39 is 0 Å². The molecule has 4 heteroatoms. The number of benzene rings is 1. The average molecular weight is 403 g/mol. The van der Waals surface area contributed by atoms with E-state index in [1.165, 1.54) is 79.0 Å². The molecule has 3 aliphatic rings. The van der Waals surface area contributed by atoms with Crippen LogP contribution in [0.5, 0.6) is 5.75 Å². The fraction of sp³-hybridized carbons (Fsp3) is 0.750. The number of likely N-dealkylation sites (tertiary alicyclic amines) is 1. The van der Waals surface area contributed by atoms with Crippen molar-refractivity contribution in [3.8, 4) is 5.75 Å². The van der Waals surface area contributed by atoms with Crippen molar-refractivity contribution in [3.05, 3.63) is 22.3 Å². The van der Waals surface area contributed by atoms with Crippen LogP contribution >= 0.6 is 11.9 Å². The zero-order chi connectivity index (χ0) is 20.1. The summed E-state index contributed by atoms with van der Waals surface area (Å²) in [5.41, 5.74) is 5.56. The van der Waals surface area contributed by atoms with E-state index in [9.17, 15) is 0 Å². The Bertz CT molecular complexity index is 729. The second-order valence-corrected chi connectivity index (χ2v) is 11.1. The average Bonchev–Trinajstić information content (AvgIpc) is 3.01. The molecule has 0 bridgehead atoms. The van der Waals surface area contributed by atoms with Crippen molar-refractivity contribution in [2.75, 3.05) is 26.2 Å².